The van der Waals surface area contributed by atoms with Crippen LogP contribution >= 0.6 is 11.3 Å². The molecule has 2 N–H and O–H groups in total. The molecule has 1 aromatic carbocycles. The number of hydrogen-bond acceptors (Lipinski definition) is 3. The Morgan fingerprint density at radius 3 is 2.76 bits per heavy atom. The zero-order valence-electron chi connectivity index (χ0n) is 9.38. The number of amides is 1. The smallest absolute Gasteiger partial charge is 0.255 e. The van der Waals surface area contributed by atoms with Crippen LogP contribution in [0.3, 0.4) is 0 Å². The highest BCUT2D eigenvalue weighted by Crippen LogP contribution is 2.19. The Labute approximate surface area is 104 Å². The van der Waals surface area contributed by atoms with Crippen LogP contribution in [0.15, 0.2) is 41.1 Å². The van der Waals surface area contributed by atoms with Crippen LogP contribution in [0.2, 0.25) is 0 Å². The van der Waals surface area contributed by atoms with E-state index in [1.165, 1.54) is 6.07 Å². The van der Waals surface area contributed by atoms with Gasteiger partial charge in [0.2, 0.25) is 0 Å². The molecule has 0 radical (unpaired) electrons. The quantitative estimate of drug-likeness (QED) is 0.876. The first-order chi connectivity index (χ1) is 8.18. The van der Waals surface area contributed by atoms with E-state index in [0.29, 0.717) is 5.56 Å². The number of hydrogen-bond donors (Lipinski definition) is 2. The van der Waals surface area contributed by atoms with Gasteiger partial charge in [-0.25, -0.2) is 0 Å². The summed E-state index contributed by atoms with van der Waals surface area (Å²) in [6.07, 6.45) is 0. The molecular weight excluding hydrogens is 234 g/mol. The third kappa shape index (κ3) is 2.65. The lowest BCUT2D eigenvalue weighted by atomic mass is 10.1. The molecule has 1 aromatic heterocycles. The predicted octanol–water partition coefficient (Wildman–Crippen LogP) is 2.94. The highest BCUT2D eigenvalue weighted by Gasteiger charge is 2.14. The van der Waals surface area contributed by atoms with E-state index in [9.17, 15) is 9.90 Å². The van der Waals surface area contributed by atoms with Crippen molar-refractivity contribution in [3.8, 4) is 5.75 Å². The van der Waals surface area contributed by atoms with Crippen LogP contribution in [0.4, 0.5) is 0 Å². The van der Waals surface area contributed by atoms with E-state index in [-0.39, 0.29) is 17.7 Å². The fourth-order valence-corrected chi connectivity index (χ4v) is 2.30. The summed E-state index contributed by atoms with van der Waals surface area (Å²) in [5.74, 6) is -0.260. The van der Waals surface area contributed by atoms with Crippen molar-refractivity contribution >= 4 is 17.2 Å². The van der Waals surface area contributed by atoms with Gasteiger partial charge in [0, 0.05) is 0 Å². The Balaban J connectivity index is 2.10. The molecule has 2 rings (SSSR count). The topological polar surface area (TPSA) is 49.3 Å². The van der Waals surface area contributed by atoms with Crippen molar-refractivity contribution in [2.75, 3.05) is 0 Å². The maximum absolute atomic E-state index is 11.9. The predicted molar refractivity (Wildman–Crippen MR) is 68.3 cm³/mol. The molecule has 3 nitrogen and oxygen atoms in total. The molecule has 1 unspecified atom stereocenters. The van der Waals surface area contributed by atoms with Crippen LogP contribution in [0, 0.1) is 0 Å². The molecule has 17 heavy (non-hydrogen) atoms. The van der Waals surface area contributed by atoms with Gasteiger partial charge in [0.05, 0.1) is 11.6 Å². The van der Waals surface area contributed by atoms with Crippen LogP contribution < -0.4 is 5.32 Å². The standard InChI is InChI=1S/C13H13NO2S/c1-9(10-6-7-17-8-10)14-13(16)11-4-2-3-5-12(11)15/h2-9,15H,1H3,(H,14,16). The van der Waals surface area contributed by atoms with Crippen LogP contribution in [0.25, 0.3) is 0 Å². The van der Waals surface area contributed by atoms with E-state index in [4.69, 9.17) is 0 Å². The number of carbonyl (C=O) groups is 1. The van der Waals surface area contributed by atoms with Gasteiger partial charge >= 0.3 is 0 Å². The fraction of sp³-hybridized carbons (Fsp3) is 0.154. The van der Waals surface area contributed by atoms with Gasteiger partial charge in [-0.05, 0) is 41.4 Å². The molecule has 88 valence electrons. The van der Waals surface area contributed by atoms with Crippen LogP contribution in [-0.4, -0.2) is 11.0 Å². The summed E-state index contributed by atoms with van der Waals surface area (Å²) in [6, 6.07) is 8.43. The first-order valence-electron chi connectivity index (χ1n) is 5.29. The number of carbonyl (C=O) groups excluding carboxylic acids is 1. The molecule has 4 heteroatoms. The molecule has 0 aliphatic carbocycles. The Bertz CT molecular complexity index is 508. The number of benzene rings is 1. The summed E-state index contributed by atoms with van der Waals surface area (Å²) < 4.78 is 0. The maximum Gasteiger partial charge on any atom is 0.255 e. The zero-order chi connectivity index (χ0) is 12.3. The van der Waals surface area contributed by atoms with Gasteiger partial charge in [-0.15, -0.1) is 0 Å². The summed E-state index contributed by atoms with van der Waals surface area (Å²) in [7, 11) is 0. The maximum atomic E-state index is 11.9. The molecule has 0 saturated carbocycles. The monoisotopic (exact) mass is 247 g/mol. The highest BCUT2D eigenvalue weighted by atomic mass is 32.1. The number of phenols is 1. The van der Waals surface area contributed by atoms with E-state index in [2.05, 4.69) is 5.32 Å². The third-order valence-electron chi connectivity index (χ3n) is 2.54. The molecule has 1 amide bonds. The number of rotatable bonds is 3. The van der Waals surface area contributed by atoms with Gasteiger partial charge in [-0.1, -0.05) is 12.1 Å². The lowest BCUT2D eigenvalue weighted by molar-refractivity contribution is 0.0937. The van der Waals surface area contributed by atoms with Crippen LogP contribution in [0.5, 0.6) is 5.75 Å². The van der Waals surface area contributed by atoms with Gasteiger partial charge in [0.1, 0.15) is 5.75 Å². The second kappa shape index (κ2) is 5.01. The number of phenolic OH excluding ortho intramolecular Hbond substituents is 1. The van der Waals surface area contributed by atoms with Crippen molar-refractivity contribution in [2.45, 2.75) is 13.0 Å². The molecule has 1 atom stereocenters. The molecule has 2 aromatic rings. The molecule has 0 aliphatic heterocycles. The van der Waals surface area contributed by atoms with Gasteiger partial charge < -0.3 is 10.4 Å². The summed E-state index contributed by atoms with van der Waals surface area (Å²) in [5, 5.41) is 16.4. The summed E-state index contributed by atoms with van der Waals surface area (Å²) in [4.78, 5) is 11.9. The first-order valence-corrected chi connectivity index (χ1v) is 6.23. The lowest BCUT2D eigenvalue weighted by Crippen LogP contribution is -2.26. The van der Waals surface area contributed by atoms with Gasteiger partial charge in [-0.3, -0.25) is 4.79 Å². The molecule has 0 bridgehead atoms. The number of aromatic hydroxyl groups is 1. The third-order valence-corrected chi connectivity index (χ3v) is 3.24. The highest BCUT2D eigenvalue weighted by molar-refractivity contribution is 7.07. The first kappa shape index (κ1) is 11.7. The van der Waals surface area contributed by atoms with Gasteiger partial charge in [0.25, 0.3) is 5.91 Å². The van der Waals surface area contributed by atoms with E-state index >= 15 is 0 Å². The Morgan fingerprint density at radius 1 is 1.35 bits per heavy atom. The average Bonchev–Trinajstić information content (AvgIpc) is 2.82. The largest absolute Gasteiger partial charge is 0.507 e. The minimum atomic E-state index is -0.262. The fourth-order valence-electron chi connectivity index (χ4n) is 1.54. The molecule has 0 fully saturated rings. The Kier molecular flexibility index (Phi) is 3.44. The van der Waals surface area contributed by atoms with Crippen molar-refractivity contribution in [1.82, 2.24) is 5.32 Å². The SMILES string of the molecule is CC(NC(=O)c1ccccc1O)c1ccsc1. The zero-order valence-corrected chi connectivity index (χ0v) is 10.2. The molecular formula is C13H13NO2S. The average molecular weight is 247 g/mol. The van der Waals surface area contributed by atoms with E-state index in [1.54, 1.807) is 29.5 Å². The van der Waals surface area contributed by atoms with Crippen LogP contribution in [-0.2, 0) is 0 Å². The van der Waals surface area contributed by atoms with Crippen molar-refractivity contribution in [3.05, 3.63) is 52.2 Å². The summed E-state index contributed by atoms with van der Waals surface area (Å²) in [5.41, 5.74) is 1.37. The second-order valence-corrected chi connectivity index (χ2v) is 4.55. The minimum Gasteiger partial charge on any atom is -0.507 e. The molecule has 0 spiro atoms. The van der Waals surface area contributed by atoms with Crippen molar-refractivity contribution in [3.63, 3.8) is 0 Å². The van der Waals surface area contributed by atoms with Gasteiger partial charge in [-0.2, -0.15) is 11.3 Å². The second-order valence-electron chi connectivity index (χ2n) is 3.77. The summed E-state index contributed by atoms with van der Waals surface area (Å²) >= 11 is 1.59. The van der Waals surface area contributed by atoms with Crippen molar-refractivity contribution in [2.24, 2.45) is 0 Å². The van der Waals surface area contributed by atoms with Crippen LogP contribution in [0.1, 0.15) is 28.9 Å². The Morgan fingerprint density at radius 2 is 2.12 bits per heavy atom. The molecule has 0 aliphatic rings. The Hall–Kier alpha value is -1.81. The number of para-hydroxylation sites is 1. The van der Waals surface area contributed by atoms with Crippen molar-refractivity contribution in [1.29, 1.82) is 0 Å². The lowest BCUT2D eigenvalue weighted by Gasteiger charge is -2.13. The van der Waals surface area contributed by atoms with Gasteiger partial charge in [0.15, 0.2) is 0 Å². The molecule has 0 saturated heterocycles. The minimum absolute atomic E-state index is 0.00233. The molecule has 1 heterocycles. The normalized spacial score (nSPS) is 12.1. The summed E-state index contributed by atoms with van der Waals surface area (Å²) in [6.45, 7) is 1.92. The number of nitrogens with one attached hydrogen (secondary N) is 1. The van der Waals surface area contributed by atoms with Crippen molar-refractivity contribution < 1.29 is 9.90 Å². The number of thiophene rings is 1. The van der Waals surface area contributed by atoms with E-state index in [0.717, 1.165) is 5.56 Å². The van der Waals surface area contributed by atoms with E-state index < -0.39 is 0 Å². The van der Waals surface area contributed by atoms with E-state index in [1.807, 2.05) is 23.8 Å².